The van der Waals surface area contributed by atoms with E-state index in [9.17, 15) is 14.7 Å². The fraction of sp³-hybridized carbons (Fsp3) is 0.389. The summed E-state index contributed by atoms with van der Waals surface area (Å²) in [6.07, 6.45) is 0.322. The molecule has 1 fully saturated rings. The highest BCUT2D eigenvalue weighted by molar-refractivity contribution is 7.11. The maximum Gasteiger partial charge on any atom is 0.253 e. The largest absolute Gasteiger partial charge is 0.508 e. The van der Waals surface area contributed by atoms with Crippen molar-refractivity contribution in [2.75, 3.05) is 26.2 Å². The number of aromatic nitrogens is 1. The third-order valence-corrected chi connectivity index (χ3v) is 5.28. The van der Waals surface area contributed by atoms with E-state index in [0.29, 0.717) is 38.2 Å². The summed E-state index contributed by atoms with van der Waals surface area (Å²) >= 11 is 1.61. The minimum atomic E-state index is -0.0712. The quantitative estimate of drug-likeness (QED) is 0.910. The van der Waals surface area contributed by atoms with E-state index in [1.807, 2.05) is 13.8 Å². The van der Waals surface area contributed by atoms with Crippen LogP contribution >= 0.6 is 11.3 Å². The highest BCUT2D eigenvalue weighted by Gasteiger charge is 2.25. The van der Waals surface area contributed by atoms with Crippen molar-refractivity contribution in [3.8, 4) is 5.75 Å². The predicted octanol–water partition coefficient (Wildman–Crippen LogP) is 1.99. The molecule has 2 aromatic rings. The molecule has 0 spiro atoms. The van der Waals surface area contributed by atoms with Gasteiger partial charge < -0.3 is 14.9 Å². The van der Waals surface area contributed by atoms with Gasteiger partial charge >= 0.3 is 0 Å². The summed E-state index contributed by atoms with van der Waals surface area (Å²) in [4.78, 5) is 34.0. The standard InChI is InChI=1S/C18H21N3O3S/c1-12-16(19-13(2)25-12)11-17(23)20-7-9-21(10-8-20)18(24)14-3-5-15(22)6-4-14/h3-6,22H,7-11H2,1-2H3. The van der Waals surface area contributed by atoms with E-state index in [1.165, 1.54) is 12.1 Å². The van der Waals surface area contributed by atoms with Crippen LogP contribution in [0.1, 0.15) is 25.9 Å². The summed E-state index contributed by atoms with van der Waals surface area (Å²) in [5.74, 6) is 0.128. The van der Waals surface area contributed by atoms with Crippen molar-refractivity contribution in [3.05, 3.63) is 45.4 Å². The molecule has 1 aromatic heterocycles. The molecule has 3 rings (SSSR count). The van der Waals surface area contributed by atoms with Crippen LogP contribution in [0, 0.1) is 13.8 Å². The maximum absolute atomic E-state index is 12.5. The number of hydrogen-bond donors (Lipinski definition) is 1. The zero-order chi connectivity index (χ0) is 18.0. The van der Waals surface area contributed by atoms with E-state index in [1.54, 1.807) is 33.3 Å². The van der Waals surface area contributed by atoms with Gasteiger partial charge in [-0.25, -0.2) is 4.98 Å². The number of piperazine rings is 1. The Balaban J connectivity index is 1.56. The fourth-order valence-electron chi connectivity index (χ4n) is 2.94. The Hall–Kier alpha value is -2.41. The third-order valence-electron chi connectivity index (χ3n) is 4.35. The van der Waals surface area contributed by atoms with Crippen LogP contribution in [0.25, 0.3) is 0 Å². The summed E-state index contributed by atoms with van der Waals surface area (Å²) in [5, 5.41) is 10.3. The van der Waals surface area contributed by atoms with Gasteiger partial charge in [0.1, 0.15) is 5.75 Å². The number of nitrogens with zero attached hydrogens (tertiary/aromatic N) is 3. The van der Waals surface area contributed by atoms with Gasteiger partial charge in [0.2, 0.25) is 5.91 Å². The molecule has 1 N–H and O–H groups in total. The minimum Gasteiger partial charge on any atom is -0.508 e. The number of aromatic hydroxyl groups is 1. The highest BCUT2D eigenvalue weighted by atomic mass is 32.1. The molecule has 1 aromatic carbocycles. The highest BCUT2D eigenvalue weighted by Crippen LogP contribution is 2.18. The van der Waals surface area contributed by atoms with Crippen molar-refractivity contribution in [1.82, 2.24) is 14.8 Å². The van der Waals surface area contributed by atoms with Crippen molar-refractivity contribution in [1.29, 1.82) is 0 Å². The van der Waals surface area contributed by atoms with Crippen LogP contribution in [-0.4, -0.2) is 57.9 Å². The molecule has 0 saturated carbocycles. The van der Waals surface area contributed by atoms with Crippen molar-refractivity contribution in [2.24, 2.45) is 0 Å². The fourth-order valence-corrected chi connectivity index (χ4v) is 3.77. The lowest BCUT2D eigenvalue weighted by atomic mass is 10.1. The maximum atomic E-state index is 12.5. The Morgan fingerprint density at radius 2 is 1.68 bits per heavy atom. The summed E-state index contributed by atoms with van der Waals surface area (Å²) in [6, 6.07) is 6.24. The lowest BCUT2D eigenvalue weighted by molar-refractivity contribution is -0.132. The second kappa shape index (κ2) is 7.23. The van der Waals surface area contributed by atoms with Gasteiger partial charge in [0.15, 0.2) is 0 Å². The molecule has 0 radical (unpaired) electrons. The zero-order valence-electron chi connectivity index (χ0n) is 14.4. The van der Waals surface area contributed by atoms with Crippen LogP contribution in [0.3, 0.4) is 0 Å². The van der Waals surface area contributed by atoms with E-state index in [-0.39, 0.29) is 17.6 Å². The summed E-state index contributed by atoms with van der Waals surface area (Å²) in [6.45, 7) is 6.03. The molecule has 0 unspecified atom stereocenters. The second-order valence-electron chi connectivity index (χ2n) is 6.13. The summed E-state index contributed by atoms with van der Waals surface area (Å²) in [5.41, 5.74) is 1.40. The van der Waals surface area contributed by atoms with E-state index in [0.717, 1.165) is 15.6 Å². The van der Waals surface area contributed by atoms with Crippen LogP contribution in [0.15, 0.2) is 24.3 Å². The SMILES string of the molecule is Cc1nc(CC(=O)N2CCN(C(=O)c3ccc(O)cc3)CC2)c(C)s1. The average molecular weight is 359 g/mol. The van der Waals surface area contributed by atoms with Crippen molar-refractivity contribution in [2.45, 2.75) is 20.3 Å². The van der Waals surface area contributed by atoms with Gasteiger partial charge in [-0.15, -0.1) is 11.3 Å². The number of rotatable bonds is 3. The zero-order valence-corrected chi connectivity index (χ0v) is 15.2. The smallest absolute Gasteiger partial charge is 0.253 e. The van der Waals surface area contributed by atoms with Crippen molar-refractivity contribution < 1.29 is 14.7 Å². The van der Waals surface area contributed by atoms with Gasteiger partial charge in [0, 0.05) is 36.6 Å². The van der Waals surface area contributed by atoms with Crippen LogP contribution in [0.5, 0.6) is 5.75 Å². The van der Waals surface area contributed by atoms with Gasteiger partial charge in [0.05, 0.1) is 17.1 Å². The first-order valence-corrected chi connectivity index (χ1v) is 9.04. The molecule has 1 aliphatic heterocycles. The Kier molecular flexibility index (Phi) is 5.03. The Labute approximate surface area is 150 Å². The molecular formula is C18H21N3O3S. The predicted molar refractivity (Wildman–Crippen MR) is 95.9 cm³/mol. The number of amides is 2. The molecular weight excluding hydrogens is 338 g/mol. The Morgan fingerprint density at radius 1 is 1.08 bits per heavy atom. The molecule has 2 amide bonds. The third kappa shape index (κ3) is 3.99. The molecule has 1 saturated heterocycles. The first-order chi connectivity index (χ1) is 11.9. The summed E-state index contributed by atoms with van der Waals surface area (Å²) in [7, 11) is 0. The monoisotopic (exact) mass is 359 g/mol. The van der Waals surface area contributed by atoms with Crippen LogP contribution < -0.4 is 0 Å². The lowest BCUT2D eigenvalue weighted by Crippen LogP contribution is -2.51. The molecule has 0 atom stereocenters. The minimum absolute atomic E-state index is 0.0603. The molecule has 0 aliphatic carbocycles. The lowest BCUT2D eigenvalue weighted by Gasteiger charge is -2.34. The number of hydrogen-bond acceptors (Lipinski definition) is 5. The van der Waals surface area contributed by atoms with E-state index < -0.39 is 0 Å². The number of benzene rings is 1. The number of carbonyl (C=O) groups is 2. The Morgan fingerprint density at radius 3 is 2.24 bits per heavy atom. The normalized spacial score (nSPS) is 14.6. The molecule has 2 heterocycles. The van der Waals surface area contributed by atoms with Gasteiger partial charge in [-0.3, -0.25) is 9.59 Å². The van der Waals surface area contributed by atoms with E-state index >= 15 is 0 Å². The van der Waals surface area contributed by atoms with Gasteiger partial charge in [0.25, 0.3) is 5.91 Å². The molecule has 1 aliphatic rings. The molecule has 132 valence electrons. The first kappa shape index (κ1) is 17.4. The number of phenols is 1. The Bertz CT molecular complexity index is 777. The average Bonchev–Trinajstić information content (AvgIpc) is 2.92. The number of aryl methyl sites for hydroxylation is 2. The van der Waals surface area contributed by atoms with Crippen molar-refractivity contribution >= 4 is 23.2 Å². The number of thiazole rings is 1. The van der Waals surface area contributed by atoms with Crippen LogP contribution in [-0.2, 0) is 11.2 Å². The summed E-state index contributed by atoms with van der Waals surface area (Å²) < 4.78 is 0. The van der Waals surface area contributed by atoms with Gasteiger partial charge in [-0.1, -0.05) is 0 Å². The topological polar surface area (TPSA) is 73.7 Å². The molecule has 25 heavy (non-hydrogen) atoms. The molecule has 6 nitrogen and oxygen atoms in total. The number of phenolic OH excluding ortho intramolecular Hbond substituents is 1. The van der Waals surface area contributed by atoms with Crippen LogP contribution in [0.4, 0.5) is 0 Å². The van der Waals surface area contributed by atoms with Gasteiger partial charge in [-0.05, 0) is 38.1 Å². The van der Waals surface area contributed by atoms with Crippen molar-refractivity contribution in [3.63, 3.8) is 0 Å². The number of carbonyl (C=O) groups excluding carboxylic acids is 2. The second-order valence-corrected chi connectivity index (χ2v) is 7.54. The van der Waals surface area contributed by atoms with Gasteiger partial charge in [-0.2, -0.15) is 0 Å². The molecule has 7 heteroatoms. The first-order valence-electron chi connectivity index (χ1n) is 8.23. The van der Waals surface area contributed by atoms with E-state index in [2.05, 4.69) is 4.98 Å². The van der Waals surface area contributed by atoms with Crippen LogP contribution in [0.2, 0.25) is 0 Å². The van der Waals surface area contributed by atoms with E-state index in [4.69, 9.17) is 0 Å². The molecule has 0 bridgehead atoms.